The predicted molar refractivity (Wildman–Crippen MR) is 49.5 cm³/mol. The van der Waals surface area contributed by atoms with Gasteiger partial charge in [0, 0.05) is 18.3 Å². The fourth-order valence-electron chi connectivity index (χ4n) is 0.546. The summed E-state index contributed by atoms with van der Waals surface area (Å²) in [5.74, 6) is 2.39. The van der Waals surface area contributed by atoms with Crippen molar-refractivity contribution in [2.75, 3.05) is 25.1 Å². The summed E-state index contributed by atoms with van der Waals surface area (Å²) in [6.07, 6.45) is 1.13. The Morgan fingerprint density at radius 3 is 2.70 bits per heavy atom. The molecular weight excluding hydrogens is 144 g/mol. The summed E-state index contributed by atoms with van der Waals surface area (Å²) in [6, 6.07) is 0.363. The normalized spacial score (nSPS) is 13.5. The van der Waals surface area contributed by atoms with E-state index in [0.717, 1.165) is 13.0 Å². The van der Waals surface area contributed by atoms with Crippen molar-refractivity contribution in [3.05, 3.63) is 0 Å². The smallest absolute Gasteiger partial charge is 0.00579 e. The lowest BCUT2D eigenvalue weighted by atomic mass is 10.3. The second-order valence-corrected chi connectivity index (χ2v) is 3.71. The highest BCUT2D eigenvalue weighted by atomic mass is 32.2. The first-order chi connectivity index (χ1) is 4.77. The van der Waals surface area contributed by atoms with E-state index in [1.54, 1.807) is 0 Å². The van der Waals surface area contributed by atoms with E-state index in [2.05, 4.69) is 12.2 Å². The second kappa shape index (κ2) is 7.38. The van der Waals surface area contributed by atoms with Crippen LogP contribution >= 0.6 is 11.8 Å². The van der Waals surface area contributed by atoms with Crippen LogP contribution in [0.4, 0.5) is 0 Å². The van der Waals surface area contributed by atoms with Crippen LogP contribution in [0.25, 0.3) is 0 Å². The Hall–Kier alpha value is 0.270. The third-order valence-corrected chi connectivity index (χ3v) is 2.23. The summed E-state index contributed by atoms with van der Waals surface area (Å²) in [4.78, 5) is 0. The van der Waals surface area contributed by atoms with Crippen molar-refractivity contribution in [3.8, 4) is 0 Å². The SMILES string of the molecule is CNCCSCCC(C)N. The van der Waals surface area contributed by atoms with Gasteiger partial charge < -0.3 is 11.1 Å². The monoisotopic (exact) mass is 162 g/mol. The molecule has 10 heavy (non-hydrogen) atoms. The van der Waals surface area contributed by atoms with Crippen LogP contribution in [0.5, 0.6) is 0 Å². The van der Waals surface area contributed by atoms with Crippen molar-refractivity contribution in [1.29, 1.82) is 0 Å². The van der Waals surface area contributed by atoms with Crippen LogP contribution in [0.15, 0.2) is 0 Å². The first kappa shape index (κ1) is 10.3. The lowest BCUT2D eigenvalue weighted by molar-refractivity contribution is 0.721. The van der Waals surface area contributed by atoms with Gasteiger partial charge in [0.05, 0.1) is 0 Å². The molecule has 0 aliphatic carbocycles. The molecular formula is C7H18N2S. The Balaban J connectivity index is 2.77. The van der Waals surface area contributed by atoms with Gasteiger partial charge in [-0.05, 0) is 26.1 Å². The third-order valence-electron chi connectivity index (χ3n) is 1.21. The minimum Gasteiger partial charge on any atom is -0.328 e. The molecule has 1 unspecified atom stereocenters. The molecule has 62 valence electrons. The summed E-state index contributed by atoms with van der Waals surface area (Å²) in [6.45, 7) is 3.16. The fraction of sp³-hybridized carbons (Fsp3) is 1.00. The zero-order chi connectivity index (χ0) is 7.82. The maximum atomic E-state index is 5.58. The molecule has 0 aromatic heterocycles. The van der Waals surface area contributed by atoms with Crippen molar-refractivity contribution in [3.63, 3.8) is 0 Å². The minimum atomic E-state index is 0.363. The van der Waals surface area contributed by atoms with E-state index >= 15 is 0 Å². The quantitative estimate of drug-likeness (QED) is 0.564. The highest BCUT2D eigenvalue weighted by Gasteiger charge is 1.92. The van der Waals surface area contributed by atoms with Crippen LogP contribution < -0.4 is 11.1 Å². The van der Waals surface area contributed by atoms with Gasteiger partial charge in [-0.25, -0.2) is 0 Å². The molecule has 0 aliphatic heterocycles. The predicted octanol–water partition coefficient (Wildman–Crippen LogP) is 0.676. The van der Waals surface area contributed by atoms with Gasteiger partial charge in [-0.1, -0.05) is 0 Å². The number of thioether (sulfide) groups is 1. The van der Waals surface area contributed by atoms with Crippen LogP contribution in [0, 0.1) is 0 Å². The van der Waals surface area contributed by atoms with E-state index in [1.807, 2.05) is 18.8 Å². The summed E-state index contributed by atoms with van der Waals surface area (Å²) < 4.78 is 0. The maximum Gasteiger partial charge on any atom is 0.00579 e. The molecule has 0 saturated heterocycles. The molecule has 0 aromatic carbocycles. The standard InChI is InChI=1S/C7H18N2S/c1-7(8)3-5-10-6-4-9-2/h7,9H,3-6,8H2,1-2H3. The molecule has 2 nitrogen and oxygen atoms in total. The lowest BCUT2D eigenvalue weighted by Gasteiger charge is -2.03. The van der Waals surface area contributed by atoms with Crippen molar-refractivity contribution < 1.29 is 0 Å². The molecule has 0 spiro atoms. The van der Waals surface area contributed by atoms with E-state index in [-0.39, 0.29) is 0 Å². The molecule has 0 saturated carbocycles. The average molecular weight is 162 g/mol. The molecule has 3 heteroatoms. The number of rotatable bonds is 6. The van der Waals surface area contributed by atoms with Crippen molar-refractivity contribution in [2.24, 2.45) is 5.73 Å². The van der Waals surface area contributed by atoms with Gasteiger partial charge in [-0.2, -0.15) is 11.8 Å². The topological polar surface area (TPSA) is 38.0 Å². The number of nitrogens with two attached hydrogens (primary N) is 1. The van der Waals surface area contributed by atoms with Gasteiger partial charge in [0.15, 0.2) is 0 Å². The molecule has 1 atom stereocenters. The molecule has 0 aromatic rings. The van der Waals surface area contributed by atoms with Crippen LogP contribution in [0.1, 0.15) is 13.3 Å². The van der Waals surface area contributed by atoms with E-state index in [0.29, 0.717) is 6.04 Å². The van der Waals surface area contributed by atoms with Crippen LogP contribution in [0.3, 0.4) is 0 Å². The van der Waals surface area contributed by atoms with E-state index < -0.39 is 0 Å². The van der Waals surface area contributed by atoms with Gasteiger partial charge >= 0.3 is 0 Å². The molecule has 3 N–H and O–H groups in total. The molecule has 0 bridgehead atoms. The molecule has 0 radical (unpaired) electrons. The Kier molecular flexibility index (Phi) is 7.58. The van der Waals surface area contributed by atoms with Gasteiger partial charge in [0.2, 0.25) is 0 Å². The van der Waals surface area contributed by atoms with Gasteiger partial charge in [-0.3, -0.25) is 0 Å². The Morgan fingerprint density at radius 2 is 2.20 bits per heavy atom. The largest absolute Gasteiger partial charge is 0.328 e. The van der Waals surface area contributed by atoms with Gasteiger partial charge in [-0.15, -0.1) is 0 Å². The number of hydrogen-bond acceptors (Lipinski definition) is 3. The Labute approximate surface area is 67.9 Å². The van der Waals surface area contributed by atoms with E-state index in [4.69, 9.17) is 5.73 Å². The van der Waals surface area contributed by atoms with Crippen molar-refractivity contribution in [2.45, 2.75) is 19.4 Å². The molecule has 0 fully saturated rings. The second-order valence-electron chi connectivity index (χ2n) is 2.48. The number of hydrogen-bond donors (Lipinski definition) is 2. The van der Waals surface area contributed by atoms with Crippen molar-refractivity contribution in [1.82, 2.24) is 5.32 Å². The first-order valence-corrected chi connectivity index (χ1v) is 4.90. The number of nitrogens with one attached hydrogen (secondary N) is 1. The Bertz CT molecular complexity index is 66.6. The zero-order valence-corrected chi connectivity index (χ0v) is 7.71. The van der Waals surface area contributed by atoms with E-state index in [1.165, 1.54) is 11.5 Å². The third kappa shape index (κ3) is 8.27. The molecule has 0 amide bonds. The summed E-state index contributed by atoms with van der Waals surface area (Å²) in [7, 11) is 1.98. The Morgan fingerprint density at radius 1 is 1.50 bits per heavy atom. The summed E-state index contributed by atoms with van der Waals surface area (Å²) in [5, 5.41) is 3.10. The highest BCUT2D eigenvalue weighted by Crippen LogP contribution is 2.01. The lowest BCUT2D eigenvalue weighted by Crippen LogP contribution is -2.16. The zero-order valence-electron chi connectivity index (χ0n) is 6.89. The molecule has 0 aliphatic rings. The van der Waals surface area contributed by atoms with Crippen molar-refractivity contribution >= 4 is 11.8 Å². The van der Waals surface area contributed by atoms with Crippen LogP contribution in [-0.4, -0.2) is 31.1 Å². The summed E-state index contributed by atoms with van der Waals surface area (Å²) in [5.41, 5.74) is 5.58. The highest BCUT2D eigenvalue weighted by molar-refractivity contribution is 7.99. The summed E-state index contributed by atoms with van der Waals surface area (Å²) >= 11 is 1.96. The maximum absolute atomic E-state index is 5.58. The minimum absolute atomic E-state index is 0.363. The first-order valence-electron chi connectivity index (χ1n) is 3.75. The van der Waals surface area contributed by atoms with Crippen LogP contribution in [-0.2, 0) is 0 Å². The van der Waals surface area contributed by atoms with Gasteiger partial charge in [0.1, 0.15) is 0 Å². The average Bonchev–Trinajstić information content (AvgIpc) is 1.87. The van der Waals surface area contributed by atoms with Crippen LogP contribution in [0.2, 0.25) is 0 Å². The van der Waals surface area contributed by atoms with Gasteiger partial charge in [0.25, 0.3) is 0 Å². The molecule has 0 heterocycles. The van der Waals surface area contributed by atoms with E-state index in [9.17, 15) is 0 Å². The molecule has 0 rings (SSSR count). The fourth-order valence-corrected chi connectivity index (χ4v) is 1.64.